The Bertz CT molecular complexity index is 315. The van der Waals surface area contributed by atoms with E-state index in [4.69, 9.17) is 5.73 Å². The predicted octanol–water partition coefficient (Wildman–Crippen LogP) is 1.67. The Morgan fingerprint density at radius 1 is 1.38 bits per heavy atom. The maximum atomic E-state index is 5.89. The van der Waals surface area contributed by atoms with Crippen molar-refractivity contribution in [2.24, 2.45) is 17.6 Å². The zero-order chi connectivity index (χ0) is 11.5. The van der Waals surface area contributed by atoms with Crippen molar-refractivity contribution in [3.8, 4) is 0 Å². The monoisotopic (exact) mass is 219 g/mol. The van der Waals surface area contributed by atoms with Gasteiger partial charge >= 0.3 is 0 Å². The van der Waals surface area contributed by atoms with Gasteiger partial charge in [0.25, 0.3) is 0 Å². The molecule has 3 atom stereocenters. The first-order chi connectivity index (χ1) is 7.72. The van der Waals surface area contributed by atoms with Gasteiger partial charge in [-0.1, -0.05) is 19.9 Å². The molecule has 0 saturated carbocycles. The van der Waals surface area contributed by atoms with E-state index in [1.54, 1.807) is 0 Å². The average molecular weight is 219 g/mol. The lowest BCUT2D eigenvalue weighted by Gasteiger charge is -2.26. The summed E-state index contributed by atoms with van der Waals surface area (Å²) in [5.74, 6) is 1.52. The van der Waals surface area contributed by atoms with Gasteiger partial charge in [-0.2, -0.15) is 0 Å². The smallest absolute Gasteiger partial charge is 0.0644 e. The van der Waals surface area contributed by atoms with Crippen LogP contribution in [0.4, 0.5) is 0 Å². The van der Waals surface area contributed by atoms with Crippen LogP contribution in [0.5, 0.6) is 0 Å². The third-order valence-electron chi connectivity index (χ3n) is 3.71. The highest BCUT2D eigenvalue weighted by Crippen LogP contribution is 2.29. The maximum absolute atomic E-state index is 5.89. The number of pyridine rings is 1. The fourth-order valence-corrected chi connectivity index (χ4v) is 2.46. The van der Waals surface area contributed by atoms with Crippen molar-refractivity contribution in [3.63, 3.8) is 0 Å². The molecule has 3 heteroatoms. The number of hydrogen-bond donors (Lipinski definition) is 1. The van der Waals surface area contributed by atoms with Gasteiger partial charge in [0.05, 0.1) is 11.7 Å². The zero-order valence-corrected chi connectivity index (χ0v) is 10.1. The molecule has 1 fully saturated rings. The molecule has 0 amide bonds. The molecule has 88 valence electrons. The molecule has 2 rings (SSSR count). The second-order valence-corrected chi connectivity index (χ2v) is 4.91. The van der Waals surface area contributed by atoms with Gasteiger partial charge in [-0.3, -0.25) is 9.88 Å². The molecular weight excluding hydrogens is 198 g/mol. The van der Waals surface area contributed by atoms with E-state index in [1.807, 2.05) is 18.3 Å². The van der Waals surface area contributed by atoms with Crippen LogP contribution in [-0.4, -0.2) is 29.5 Å². The first kappa shape index (κ1) is 11.6. The second kappa shape index (κ2) is 4.93. The van der Waals surface area contributed by atoms with E-state index < -0.39 is 0 Å². The van der Waals surface area contributed by atoms with Gasteiger partial charge in [-0.15, -0.1) is 0 Å². The summed E-state index contributed by atoms with van der Waals surface area (Å²) in [6, 6.07) is 6.35. The summed E-state index contributed by atoms with van der Waals surface area (Å²) in [6.07, 6.45) is 1.85. The fraction of sp³-hybridized carbons (Fsp3) is 0.615. The molecule has 0 aliphatic carbocycles. The van der Waals surface area contributed by atoms with Crippen molar-refractivity contribution in [2.75, 3.05) is 19.6 Å². The Morgan fingerprint density at radius 2 is 2.06 bits per heavy atom. The molecule has 1 aliphatic heterocycles. The van der Waals surface area contributed by atoms with Crippen LogP contribution in [0, 0.1) is 11.8 Å². The lowest BCUT2D eigenvalue weighted by atomic mass is 10.0. The lowest BCUT2D eigenvalue weighted by molar-refractivity contribution is 0.235. The van der Waals surface area contributed by atoms with Crippen molar-refractivity contribution in [1.82, 2.24) is 9.88 Å². The van der Waals surface area contributed by atoms with Crippen LogP contribution < -0.4 is 5.73 Å². The van der Waals surface area contributed by atoms with E-state index in [1.165, 1.54) is 0 Å². The summed E-state index contributed by atoms with van der Waals surface area (Å²) in [6.45, 7) is 7.56. The van der Waals surface area contributed by atoms with Gasteiger partial charge in [0.1, 0.15) is 0 Å². The van der Waals surface area contributed by atoms with Crippen molar-refractivity contribution < 1.29 is 0 Å². The van der Waals surface area contributed by atoms with Crippen LogP contribution in [0.1, 0.15) is 25.6 Å². The van der Waals surface area contributed by atoms with Crippen LogP contribution in [0.2, 0.25) is 0 Å². The molecule has 3 nitrogen and oxygen atoms in total. The molecule has 0 radical (unpaired) electrons. The first-order valence-corrected chi connectivity index (χ1v) is 6.07. The first-order valence-electron chi connectivity index (χ1n) is 6.07. The summed E-state index contributed by atoms with van der Waals surface area (Å²) in [5, 5.41) is 0. The molecule has 0 spiro atoms. The van der Waals surface area contributed by atoms with E-state index in [9.17, 15) is 0 Å². The highest BCUT2D eigenvalue weighted by Gasteiger charge is 2.31. The van der Waals surface area contributed by atoms with E-state index in [-0.39, 0.29) is 6.04 Å². The number of hydrogen-bond acceptors (Lipinski definition) is 3. The predicted molar refractivity (Wildman–Crippen MR) is 65.9 cm³/mol. The van der Waals surface area contributed by atoms with Crippen molar-refractivity contribution in [1.29, 1.82) is 0 Å². The Hall–Kier alpha value is -0.930. The fourth-order valence-electron chi connectivity index (χ4n) is 2.46. The minimum absolute atomic E-state index is 0.286. The molecular formula is C13H21N3. The quantitative estimate of drug-likeness (QED) is 0.841. The Kier molecular flexibility index (Phi) is 3.56. The number of likely N-dealkylation sites (tertiary alicyclic amines) is 1. The van der Waals surface area contributed by atoms with Gasteiger partial charge in [0.2, 0.25) is 0 Å². The highest BCUT2D eigenvalue weighted by molar-refractivity contribution is 5.10. The Balaban J connectivity index is 2.12. The average Bonchev–Trinajstić information content (AvgIpc) is 2.61. The standard InChI is InChI=1S/C13H21N3/c1-10-8-16(9-11(10)2)13(7-14)12-5-3-4-6-15-12/h3-6,10-11,13H,7-9,14H2,1-2H3. The summed E-state index contributed by atoms with van der Waals surface area (Å²) in [4.78, 5) is 6.89. The second-order valence-electron chi connectivity index (χ2n) is 4.91. The Labute approximate surface area is 97.7 Å². The normalized spacial score (nSPS) is 28.2. The van der Waals surface area contributed by atoms with Crippen LogP contribution in [0.25, 0.3) is 0 Å². The number of nitrogens with two attached hydrogens (primary N) is 1. The van der Waals surface area contributed by atoms with E-state index in [2.05, 4.69) is 29.8 Å². The van der Waals surface area contributed by atoms with Gasteiger partial charge in [-0.05, 0) is 24.0 Å². The van der Waals surface area contributed by atoms with Gasteiger partial charge in [0.15, 0.2) is 0 Å². The summed E-state index contributed by atoms with van der Waals surface area (Å²) in [5.41, 5.74) is 7.00. The molecule has 2 N–H and O–H groups in total. The topological polar surface area (TPSA) is 42.1 Å². The maximum Gasteiger partial charge on any atom is 0.0644 e. The lowest BCUT2D eigenvalue weighted by Crippen LogP contribution is -2.32. The molecule has 1 aromatic heterocycles. The van der Waals surface area contributed by atoms with Gasteiger partial charge in [-0.25, -0.2) is 0 Å². The van der Waals surface area contributed by atoms with Gasteiger partial charge < -0.3 is 5.73 Å². The SMILES string of the molecule is CC1CN(C(CN)c2ccccn2)CC1C. The van der Waals surface area contributed by atoms with E-state index >= 15 is 0 Å². The van der Waals surface area contributed by atoms with Crippen LogP contribution in [0.3, 0.4) is 0 Å². The molecule has 16 heavy (non-hydrogen) atoms. The number of aromatic nitrogens is 1. The highest BCUT2D eigenvalue weighted by atomic mass is 15.2. The van der Waals surface area contributed by atoms with Crippen LogP contribution >= 0.6 is 0 Å². The van der Waals surface area contributed by atoms with Crippen molar-refractivity contribution >= 4 is 0 Å². The molecule has 0 bridgehead atoms. The number of nitrogens with zero attached hydrogens (tertiary/aromatic N) is 2. The van der Waals surface area contributed by atoms with Gasteiger partial charge in [0, 0.05) is 25.8 Å². The van der Waals surface area contributed by atoms with Crippen LogP contribution in [-0.2, 0) is 0 Å². The van der Waals surface area contributed by atoms with Crippen molar-refractivity contribution in [3.05, 3.63) is 30.1 Å². The molecule has 0 aromatic carbocycles. The minimum atomic E-state index is 0.286. The van der Waals surface area contributed by atoms with Crippen LogP contribution in [0.15, 0.2) is 24.4 Å². The molecule has 1 aromatic rings. The zero-order valence-electron chi connectivity index (χ0n) is 10.1. The largest absolute Gasteiger partial charge is 0.329 e. The molecule has 3 unspecified atom stereocenters. The Morgan fingerprint density at radius 3 is 2.56 bits per heavy atom. The molecule has 1 saturated heterocycles. The third-order valence-corrected chi connectivity index (χ3v) is 3.71. The third kappa shape index (κ3) is 2.25. The molecule has 2 heterocycles. The summed E-state index contributed by atoms with van der Waals surface area (Å²) in [7, 11) is 0. The van der Waals surface area contributed by atoms with E-state index in [0.29, 0.717) is 6.54 Å². The van der Waals surface area contributed by atoms with E-state index in [0.717, 1.165) is 30.6 Å². The summed E-state index contributed by atoms with van der Waals surface area (Å²) < 4.78 is 0. The summed E-state index contributed by atoms with van der Waals surface area (Å²) >= 11 is 0. The van der Waals surface area contributed by atoms with Crippen molar-refractivity contribution in [2.45, 2.75) is 19.9 Å². The molecule has 1 aliphatic rings. The minimum Gasteiger partial charge on any atom is -0.329 e. The number of rotatable bonds is 3.